The molecule has 0 bridgehead atoms. The van der Waals surface area contributed by atoms with E-state index in [0.29, 0.717) is 5.41 Å². The van der Waals surface area contributed by atoms with Crippen molar-refractivity contribution in [3.63, 3.8) is 0 Å². The van der Waals surface area contributed by atoms with Crippen LogP contribution in [0.15, 0.2) is 54.6 Å². The van der Waals surface area contributed by atoms with Gasteiger partial charge in [-0.3, -0.25) is 4.79 Å². The van der Waals surface area contributed by atoms with Crippen LogP contribution >= 0.6 is 0 Å². The van der Waals surface area contributed by atoms with Crippen LogP contribution in [0.1, 0.15) is 37.3 Å². The van der Waals surface area contributed by atoms with Crippen molar-refractivity contribution in [2.45, 2.75) is 38.7 Å². The summed E-state index contributed by atoms with van der Waals surface area (Å²) in [7, 11) is 0. The number of carbonyl (C=O) groups excluding carboxylic acids is 1. The Morgan fingerprint density at radius 1 is 1.07 bits per heavy atom. The van der Waals surface area contributed by atoms with E-state index >= 15 is 0 Å². The largest absolute Gasteiger partial charge is 0.481 e. The maximum absolute atomic E-state index is 13.0. The summed E-state index contributed by atoms with van der Waals surface area (Å²) in [6.07, 6.45) is 3.78. The number of amides is 1. The van der Waals surface area contributed by atoms with Crippen molar-refractivity contribution in [1.29, 1.82) is 0 Å². The van der Waals surface area contributed by atoms with E-state index in [1.54, 1.807) is 0 Å². The number of ether oxygens (including phenoxy) is 1. The van der Waals surface area contributed by atoms with Crippen LogP contribution in [0.4, 0.5) is 0 Å². The Kier molecular flexibility index (Phi) is 5.67. The molecular weight excluding hydrogens is 348 g/mol. The molecule has 0 radical (unpaired) electrons. The van der Waals surface area contributed by atoms with Crippen LogP contribution in [0.2, 0.25) is 0 Å². The van der Waals surface area contributed by atoms with Crippen LogP contribution in [0.5, 0.6) is 5.75 Å². The third-order valence-corrected chi connectivity index (χ3v) is 6.33. The van der Waals surface area contributed by atoms with Crippen molar-refractivity contribution in [2.24, 2.45) is 5.41 Å². The summed E-state index contributed by atoms with van der Waals surface area (Å²) in [6.45, 7) is 5.79. The van der Waals surface area contributed by atoms with Gasteiger partial charge in [-0.15, -0.1) is 0 Å². The highest BCUT2D eigenvalue weighted by Gasteiger charge is 2.38. The molecule has 2 heterocycles. The molecule has 2 aromatic rings. The van der Waals surface area contributed by atoms with E-state index in [-0.39, 0.29) is 5.91 Å². The van der Waals surface area contributed by atoms with E-state index in [1.165, 1.54) is 12.0 Å². The number of hydrogen-bond acceptors (Lipinski definition) is 3. The van der Waals surface area contributed by atoms with Gasteiger partial charge in [-0.25, -0.2) is 0 Å². The molecule has 1 N–H and O–H groups in total. The molecule has 2 aliphatic heterocycles. The quantitative estimate of drug-likeness (QED) is 0.864. The Balaban J connectivity index is 1.38. The smallest absolute Gasteiger partial charge is 0.263 e. The lowest BCUT2D eigenvalue weighted by atomic mass is 9.78. The zero-order chi connectivity index (χ0) is 19.4. The van der Waals surface area contributed by atoms with Crippen molar-refractivity contribution >= 4 is 5.91 Å². The molecule has 0 saturated carbocycles. The average Bonchev–Trinajstić information content (AvgIpc) is 3.18. The summed E-state index contributed by atoms with van der Waals surface area (Å²) < 4.78 is 6.15. The Bertz CT molecular complexity index is 789. The monoisotopic (exact) mass is 378 g/mol. The van der Waals surface area contributed by atoms with Crippen LogP contribution in [-0.2, 0) is 11.2 Å². The number of carbonyl (C=O) groups is 1. The molecule has 2 saturated heterocycles. The molecule has 4 nitrogen and oxygen atoms in total. The molecule has 2 aliphatic rings. The lowest BCUT2D eigenvalue weighted by molar-refractivity contribution is -0.140. The molecule has 1 spiro atoms. The zero-order valence-corrected chi connectivity index (χ0v) is 16.7. The van der Waals surface area contributed by atoms with Crippen LogP contribution < -0.4 is 10.1 Å². The highest BCUT2D eigenvalue weighted by atomic mass is 16.5. The normalized spacial score (nSPS) is 19.5. The van der Waals surface area contributed by atoms with Gasteiger partial charge in [0.15, 0.2) is 6.10 Å². The SMILES string of the molecule is CC(Oc1ccccc1Cc1ccccc1)C(=O)N1CCC2(CCNC2)CC1. The van der Waals surface area contributed by atoms with Gasteiger partial charge in [0.25, 0.3) is 5.91 Å². The molecule has 1 amide bonds. The minimum atomic E-state index is -0.465. The van der Waals surface area contributed by atoms with E-state index in [4.69, 9.17) is 4.74 Å². The molecule has 28 heavy (non-hydrogen) atoms. The van der Waals surface area contributed by atoms with E-state index in [2.05, 4.69) is 23.5 Å². The lowest BCUT2D eigenvalue weighted by Gasteiger charge is -2.39. The van der Waals surface area contributed by atoms with Gasteiger partial charge in [0.2, 0.25) is 0 Å². The molecule has 1 atom stereocenters. The first kappa shape index (κ1) is 19.0. The summed E-state index contributed by atoms with van der Waals surface area (Å²) in [4.78, 5) is 15.0. The van der Waals surface area contributed by atoms with Gasteiger partial charge in [0, 0.05) is 26.1 Å². The molecule has 2 aromatic carbocycles. The van der Waals surface area contributed by atoms with Crippen molar-refractivity contribution < 1.29 is 9.53 Å². The maximum atomic E-state index is 13.0. The Morgan fingerprint density at radius 2 is 1.79 bits per heavy atom. The fourth-order valence-electron chi connectivity index (χ4n) is 4.50. The topological polar surface area (TPSA) is 41.6 Å². The highest BCUT2D eigenvalue weighted by molar-refractivity contribution is 5.81. The second-order valence-corrected chi connectivity index (χ2v) is 8.28. The molecule has 148 valence electrons. The fourth-order valence-corrected chi connectivity index (χ4v) is 4.50. The summed E-state index contributed by atoms with van der Waals surface area (Å²) in [5.74, 6) is 0.913. The van der Waals surface area contributed by atoms with E-state index in [9.17, 15) is 4.79 Å². The Labute approximate surface area is 167 Å². The van der Waals surface area contributed by atoms with Crippen LogP contribution in [0, 0.1) is 5.41 Å². The summed E-state index contributed by atoms with van der Waals surface area (Å²) >= 11 is 0. The van der Waals surface area contributed by atoms with Gasteiger partial charge < -0.3 is 15.0 Å². The van der Waals surface area contributed by atoms with E-state index in [1.807, 2.05) is 48.2 Å². The second-order valence-electron chi connectivity index (χ2n) is 8.28. The van der Waals surface area contributed by atoms with Crippen molar-refractivity contribution in [1.82, 2.24) is 10.2 Å². The number of piperidine rings is 1. The summed E-state index contributed by atoms with van der Waals surface area (Å²) in [5.41, 5.74) is 2.77. The number of nitrogens with zero attached hydrogens (tertiary/aromatic N) is 1. The number of likely N-dealkylation sites (tertiary alicyclic amines) is 1. The van der Waals surface area contributed by atoms with Crippen molar-refractivity contribution in [3.8, 4) is 5.75 Å². The van der Waals surface area contributed by atoms with Gasteiger partial charge in [0.05, 0.1) is 0 Å². The van der Waals surface area contributed by atoms with Crippen LogP contribution in [0.3, 0.4) is 0 Å². The zero-order valence-electron chi connectivity index (χ0n) is 16.7. The highest BCUT2D eigenvalue weighted by Crippen LogP contribution is 2.37. The molecule has 0 aromatic heterocycles. The number of hydrogen-bond donors (Lipinski definition) is 1. The maximum Gasteiger partial charge on any atom is 0.263 e. The van der Waals surface area contributed by atoms with Gasteiger partial charge in [-0.2, -0.15) is 0 Å². The number of benzene rings is 2. The Hall–Kier alpha value is -2.33. The standard InChI is InChI=1S/C24H30N2O2/c1-19(23(27)26-15-12-24(13-16-26)11-14-25-18-24)28-22-10-6-5-9-21(22)17-20-7-3-2-4-8-20/h2-10,19,25H,11-18H2,1H3. The van der Waals surface area contributed by atoms with Crippen LogP contribution in [-0.4, -0.2) is 43.1 Å². The minimum absolute atomic E-state index is 0.107. The van der Waals surface area contributed by atoms with Gasteiger partial charge >= 0.3 is 0 Å². The first-order valence-electron chi connectivity index (χ1n) is 10.4. The predicted octanol–water partition coefficient (Wildman–Crippen LogP) is 3.65. The molecule has 4 rings (SSSR count). The number of rotatable bonds is 5. The summed E-state index contributed by atoms with van der Waals surface area (Å²) in [6, 6.07) is 18.4. The Morgan fingerprint density at radius 3 is 2.50 bits per heavy atom. The fraction of sp³-hybridized carbons (Fsp3) is 0.458. The van der Waals surface area contributed by atoms with Crippen molar-refractivity contribution in [3.05, 3.63) is 65.7 Å². The third kappa shape index (κ3) is 4.22. The first-order chi connectivity index (χ1) is 13.7. The molecule has 2 fully saturated rings. The van der Waals surface area contributed by atoms with Gasteiger partial charge in [-0.1, -0.05) is 48.5 Å². The third-order valence-electron chi connectivity index (χ3n) is 6.33. The average molecular weight is 379 g/mol. The first-order valence-corrected chi connectivity index (χ1v) is 10.4. The number of para-hydroxylation sites is 1. The molecule has 0 aliphatic carbocycles. The van der Waals surface area contributed by atoms with Crippen molar-refractivity contribution in [2.75, 3.05) is 26.2 Å². The molecule has 4 heteroatoms. The number of nitrogens with one attached hydrogen (secondary N) is 1. The van der Waals surface area contributed by atoms with E-state index < -0.39 is 6.10 Å². The van der Waals surface area contributed by atoms with Gasteiger partial charge in [0.1, 0.15) is 5.75 Å². The van der Waals surface area contributed by atoms with Gasteiger partial charge in [-0.05, 0) is 55.3 Å². The minimum Gasteiger partial charge on any atom is -0.481 e. The van der Waals surface area contributed by atoms with Crippen LogP contribution in [0.25, 0.3) is 0 Å². The second kappa shape index (κ2) is 8.36. The predicted molar refractivity (Wildman–Crippen MR) is 112 cm³/mol. The molecule has 1 unspecified atom stereocenters. The summed E-state index contributed by atoms with van der Waals surface area (Å²) in [5, 5.41) is 3.48. The molecular formula is C24H30N2O2. The lowest BCUT2D eigenvalue weighted by Crippen LogP contribution is -2.48. The van der Waals surface area contributed by atoms with E-state index in [0.717, 1.165) is 56.8 Å².